The van der Waals surface area contributed by atoms with Crippen LogP contribution in [0, 0.1) is 0 Å². The molecule has 0 unspecified atom stereocenters. The van der Waals surface area contributed by atoms with Gasteiger partial charge in [-0.25, -0.2) is 9.78 Å². The van der Waals surface area contributed by atoms with Gasteiger partial charge in [0, 0.05) is 19.2 Å². The van der Waals surface area contributed by atoms with Gasteiger partial charge in [0.25, 0.3) is 0 Å². The highest BCUT2D eigenvalue weighted by Crippen LogP contribution is 2.23. The minimum Gasteiger partial charge on any atom is -0.478 e. The van der Waals surface area contributed by atoms with Crippen LogP contribution in [-0.4, -0.2) is 39.1 Å². The van der Waals surface area contributed by atoms with E-state index in [1.807, 2.05) is 0 Å². The topological polar surface area (TPSA) is 111 Å². The zero-order valence-electron chi connectivity index (χ0n) is 12.8. The highest BCUT2D eigenvalue weighted by molar-refractivity contribution is 6.04. The molecule has 0 saturated heterocycles. The minimum atomic E-state index is -1.11. The fourth-order valence-corrected chi connectivity index (χ4v) is 2.20. The molecule has 8 heteroatoms. The Morgan fingerprint density at radius 1 is 1.30 bits per heavy atom. The van der Waals surface area contributed by atoms with Gasteiger partial charge < -0.3 is 19.7 Å². The van der Waals surface area contributed by atoms with E-state index in [9.17, 15) is 19.5 Å². The number of hydrogen-bond donors (Lipinski definition) is 2. The quantitative estimate of drug-likeness (QED) is 0.782. The van der Waals surface area contributed by atoms with Crippen LogP contribution in [0.25, 0.3) is 11.0 Å². The van der Waals surface area contributed by atoms with Gasteiger partial charge in [0.05, 0.1) is 36.0 Å². The predicted molar refractivity (Wildman–Crippen MR) is 82.2 cm³/mol. The van der Waals surface area contributed by atoms with Gasteiger partial charge in [-0.1, -0.05) is 0 Å². The van der Waals surface area contributed by atoms with Crippen LogP contribution in [0.4, 0.5) is 5.69 Å². The first kappa shape index (κ1) is 16.5. The van der Waals surface area contributed by atoms with Crippen LogP contribution in [0.2, 0.25) is 0 Å². The van der Waals surface area contributed by atoms with E-state index in [0.29, 0.717) is 16.7 Å². The molecule has 1 amide bonds. The molecule has 1 heterocycles. The van der Waals surface area contributed by atoms with Gasteiger partial charge >= 0.3 is 11.9 Å². The number of carbonyl (C=O) groups is 3. The van der Waals surface area contributed by atoms with Crippen LogP contribution in [0.3, 0.4) is 0 Å². The lowest BCUT2D eigenvalue weighted by atomic mass is 10.1. The zero-order valence-corrected chi connectivity index (χ0v) is 12.8. The molecule has 122 valence electrons. The number of carbonyl (C=O) groups excluding carboxylic acids is 2. The maximum atomic E-state index is 11.9. The summed E-state index contributed by atoms with van der Waals surface area (Å²) in [5.74, 6) is -1.96. The zero-order chi connectivity index (χ0) is 17.0. The summed E-state index contributed by atoms with van der Waals surface area (Å²) in [5, 5.41) is 11.9. The van der Waals surface area contributed by atoms with Crippen LogP contribution in [0.1, 0.15) is 30.1 Å². The van der Waals surface area contributed by atoms with Crippen molar-refractivity contribution in [1.29, 1.82) is 0 Å². The summed E-state index contributed by atoms with van der Waals surface area (Å²) in [7, 11) is 1.69. The molecule has 0 aliphatic carbocycles. The van der Waals surface area contributed by atoms with E-state index in [0.717, 1.165) is 0 Å². The molecule has 0 spiro atoms. The number of fused-ring (bicyclic) bond motifs is 1. The SMILES string of the molecule is CCOC(=O)CCC(=O)Nc1cc(C(=O)O)c2c(c1)ncn2C. The fraction of sp³-hybridized carbons (Fsp3) is 0.333. The number of nitrogens with one attached hydrogen (secondary N) is 1. The second-order valence-corrected chi connectivity index (χ2v) is 4.91. The first-order valence-electron chi connectivity index (χ1n) is 7.06. The van der Waals surface area contributed by atoms with Crippen molar-refractivity contribution in [3.8, 4) is 0 Å². The van der Waals surface area contributed by atoms with Crippen molar-refractivity contribution in [1.82, 2.24) is 9.55 Å². The molecule has 0 bridgehead atoms. The number of aryl methyl sites for hydroxylation is 1. The highest BCUT2D eigenvalue weighted by atomic mass is 16.5. The number of hydrogen-bond acceptors (Lipinski definition) is 5. The number of imidazole rings is 1. The van der Waals surface area contributed by atoms with E-state index in [4.69, 9.17) is 4.74 Å². The number of carboxylic acid groups (broad SMARTS) is 1. The molecule has 0 saturated carbocycles. The van der Waals surface area contributed by atoms with Crippen molar-refractivity contribution in [3.63, 3.8) is 0 Å². The molecule has 1 aromatic heterocycles. The number of aromatic nitrogens is 2. The Labute approximate surface area is 132 Å². The van der Waals surface area contributed by atoms with E-state index >= 15 is 0 Å². The second kappa shape index (κ2) is 6.91. The molecular formula is C15H17N3O5. The molecule has 2 rings (SSSR count). The minimum absolute atomic E-state index is 0.0305. The Balaban J connectivity index is 2.16. The highest BCUT2D eigenvalue weighted by Gasteiger charge is 2.16. The summed E-state index contributed by atoms with van der Waals surface area (Å²) in [6.07, 6.45) is 1.43. The summed E-state index contributed by atoms with van der Waals surface area (Å²) >= 11 is 0. The van der Waals surface area contributed by atoms with Gasteiger partial charge in [-0.3, -0.25) is 9.59 Å². The lowest BCUT2D eigenvalue weighted by Crippen LogP contribution is -2.15. The lowest BCUT2D eigenvalue weighted by Gasteiger charge is -2.08. The third kappa shape index (κ3) is 3.85. The molecule has 0 aliphatic heterocycles. The Hall–Kier alpha value is -2.90. The van der Waals surface area contributed by atoms with E-state index in [-0.39, 0.29) is 25.0 Å². The van der Waals surface area contributed by atoms with Crippen molar-refractivity contribution in [3.05, 3.63) is 24.0 Å². The van der Waals surface area contributed by atoms with Crippen LogP contribution in [-0.2, 0) is 21.4 Å². The van der Waals surface area contributed by atoms with Crippen molar-refractivity contribution >= 4 is 34.6 Å². The molecule has 2 aromatic rings. The molecule has 2 N–H and O–H groups in total. The Bertz CT molecular complexity index is 766. The summed E-state index contributed by atoms with van der Waals surface area (Å²) < 4.78 is 6.35. The van der Waals surface area contributed by atoms with E-state index in [2.05, 4.69) is 10.3 Å². The fourth-order valence-electron chi connectivity index (χ4n) is 2.20. The number of ether oxygens (including phenoxy) is 1. The van der Waals surface area contributed by atoms with Crippen LogP contribution >= 0.6 is 0 Å². The standard InChI is InChI=1S/C15H17N3O5/c1-3-23-13(20)5-4-12(19)17-9-6-10(15(21)22)14-11(7-9)16-8-18(14)2/h6-8H,3-5H2,1-2H3,(H,17,19)(H,21,22). The van der Waals surface area contributed by atoms with Crippen molar-refractivity contribution < 1.29 is 24.2 Å². The monoisotopic (exact) mass is 319 g/mol. The molecule has 0 atom stereocenters. The second-order valence-electron chi connectivity index (χ2n) is 4.91. The van der Waals surface area contributed by atoms with Crippen LogP contribution in [0.5, 0.6) is 0 Å². The number of carboxylic acids is 1. The molecule has 0 fully saturated rings. The first-order chi connectivity index (χ1) is 10.9. The summed E-state index contributed by atoms with van der Waals surface area (Å²) in [6, 6.07) is 2.96. The van der Waals surface area contributed by atoms with Gasteiger partial charge in [0.2, 0.25) is 5.91 Å². The number of amides is 1. The number of anilines is 1. The van der Waals surface area contributed by atoms with E-state index in [1.165, 1.54) is 12.4 Å². The third-order valence-electron chi connectivity index (χ3n) is 3.19. The average Bonchev–Trinajstić information content (AvgIpc) is 2.86. The van der Waals surface area contributed by atoms with Crippen LogP contribution in [0.15, 0.2) is 18.5 Å². The van der Waals surface area contributed by atoms with Gasteiger partial charge in [0.15, 0.2) is 0 Å². The molecule has 8 nitrogen and oxygen atoms in total. The Morgan fingerprint density at radius 2 is 2.04 bits per heavy atom. The predicted octanol–water partition coefficient (Wildman–Crippen LogP) is 1.55. The number of esters is 1. The summed E-state index contributed by atoms with van der Waals surface area (Å²) in [5.41, 5.74) is 1.31. The Morgan fingerprint density at radius 3 is 2.70 bits per heavy atom. The number of nitrogens with zero attached hydrogens (tertiary/aromatic N) is 2. The van der Waals surface area contributed by atoms with Crippen LogP contribution < -0.4 is 5.32 Å². The summed E-state index contributed by atoms with van der Waals surface area (Å²) in [6.45, 7) is 1.95. The maximum Gasteiger partial charge on any atom is 0.337 e. The molecule has 1 aromatic carbocycles. The maximum absolute atomic E-state index is 11.9. The number of benzene rings is 1. The number of aromatic carboxylic acids is 1. The van der Waals surface area contributed by atoms with Crippen molar-refractivity contribution in [2.24, 2.45) is 7.05 Å². The summed E-state index contributed by atoms with van der Waals surface area (Å²) in [4.78, 5) is 38.6. The van der Waals surface area contributed by atoms with Gasteiger partial charge in [-0.2, -0.15) is 0 Å². The smallest absolute Gasteiger partial charge is 0.337 e. The number of rotatable bonds is 6. The largest absolute Gasteiger partial charge is 0.478 e. The normalized spacial score (nSPS) is 10.5. The first-order valence-corrected chi connectivity index (χ1v) is 7.06. The molecule has 23 heavy (non-hydrogen) atoms. The van der Waals surface area contributed by atoms with Gasteiger partial charge in [-0.05, 0) is 19.1 Å². The molecular weight excluding hydrogens is 302 g/mol. The van der Waals surface area contributed by atoms with Crippen molar-refractivity contribution in [2.45, 2.75) is 19.8 Å². The van der Waals surface area contributed by atoms with Gasteiger partial charge in [0.1, 0.15) is 0 Å². The molecule has 0 aliphatic rings. The Kier molecular flexibility index (Phi) is 4.95. The molecule has 0 radical (unpaired) electrons. The van der Waals surface area contributed by atoms with E-state index in [1.54, 1.807) is 24.6 Å². The van der Waals surface area contributed by atoms with Crippen molar-refractivity contribution in [2.75, 3.05) is 11.9 Å². The van der Waals surface area contributed by atoms with E-state index < -0.39 is 17.8 Å². The average molecular weight is 319 g/mol. The van der Waals surface area contributed by atoms with Gasteiger partial charge in [-0.15, -0.1) is 0 Å². The lowest BCUT2D eigenvalue weighted by molar-refractivity contribution is -0.144. The third-order valence-corrected chi connectivity index (χ3v) is 3.19.